The molecular weight excluding hydrogens is 496 g/mol. The van der Waals surface area contributed by atoms with E-state index < -0.39 is 32.5 Å². The number of alkyl halides is 3. The lowest BCUT2D eigenvalue weighted by molar-refractivity contribution is -0.274. The van der Waals surface area contributed by atoms with Crippen molar-refractivity contribution in [2.45, 2.75) is 62.0 Å². The van der Waals surface area contributed by atoms with Gasteiger partial charge in [-0.3, -0.25) is 4.79 Å². The van der Waals surface area contributed by atoms with E-state index in [1.165, 1.54) is 24.3 Å². The largest absolute Gasteiger partial charge is 0.573 e. The third-order valence-corrected chi connectivity index (χ3v) is 9.40. The van der Waals surface area contributed by atoms with E-state index in [1.54, 1.807) is 13.8 Å². The highest BCUT2D eigenvalue weighted by Crippen LogP contribution is 2.48. The van der Waals surface area contributed by atoms with Crippen LogP contribution in [0.4, 0.5) is 17.6 Å². The van der Waals surface area contributed by atoms with Gasteiger partial charge in [-0.25, -0.2) is 12.8 Å². The van der Waals surface area contributed by atoms with Crippen LogP contribution in [0.2, 0.25) is 5.02 Å². The number of carbonyl (C=O) groups is 1. The van der Waals surface area contributed by atoms with Gasteiger partial charge in [-0.15, -0.1) is 13.2 Å². The van der Waals surface area contributed by atoms with Crippen LogP contribution in [0.15, 0.2) is 47.4 Å². The van der Waals surface area contributed by atoms with Gasteiger partial charge in [0.15, 0.2) is 15.6 Å². The maximum atomic E-state index is 13.2. The number of ketones is 1. The van der Waals surface area contributed by atoms with Gasteiger partial charge < -0.3 is 4.74 Å². The molecule has 34 heavy (non-hydrogen) atoms. The topological polar surface area (TPSA) is 60.4 Å². The van der Waals surface area contributed by atoms with Gasteiger partial charge in [-0.05, 0) is 87.8 Å². The van der Waals surface area contributed by atoms with Crippen molar-refractivity contribution in [3.8, 4) is 5.75 Å². The third kappa shape index (κ3) is 5.92. The SMILES string of the molecule is CC(C)(C1CC(CCCC(=O)c2ccc(F)c(Cl)c2)C1)S(=O)(=O)c1cccc(OC(F)(F)F)c1. The summed E-state index contributed by atoms with van der Waals surface area (Å²) >= 11 is 5.72. The molecule has 1 aliphatic rings. The van der Waals surface area contributed by atoms with Gasteiger partial charge in [0.25, 0.3) is 0 Å². The summed E-state index contributed by atoms with van der Waals surface area (Å²) in [4.78, 5) is 12.1. The molecule has 0 bridgehead atoms. The molecule has 4 nitrogen and oxygen atoms in total. The lowest BCUT2D eigenvalue weighted by Crippen LogP contribution is -2.46. The van der Waals surface area contributed by atoms with E-state index in [0.717, 1.165) is 24.6 Å². The van der Waals surface area contributed by atoms with Gasteiger partial charge in [0, 0.05) is 12.0 Å². The molecule has 0 saturated heterocycles. The maximum absolute atomic E-state index is 13.2. The fraction of sp³-hybridized carbons (Fsp3) is 0.458. The van der Waals surface area contributed by atoms with Crippen LogP contribution in [-0.2, 0) is 9.84 Å². The minimum atomic E-state index is -4.91. The lowest BCUT2D eigenvalue weighted by atomic mass is 9.67. The number of hydrogen-bond donors (Lipinski definition) is 0. The van der Waals surface area contributed by atoms with Crippen molar-refractivity contribution in [1.82, 2.24) is 0 Å². The van der Waals surface area contributed by atoms with Gasteiger partial charge >= 0.3 is 6.36 Å². The average molecular weight is 521 g/mol. The molecule has 0 heterocycles. The zero-order valence-electron chi connectivity index (χ0n) is 18.7. The molecule has 1 saturated carbocycles. The van der Waals surface area contributed by atoms with Crippen LogP contribution in [0.5, 0.6) is 5.75 Å². The van der Waals surface area contributed by atoms with Crippen LogP contribution in [0.1, 0.15) is 56.3 Å². The van der Waals surface area contributed by atoms with Crippen LogP contribution in [0, 0.1) is 17.7 Å². The van der Waals surface area contributed by atoms with E-state index in [9.17, 15) is 30.8 Å². The minimum Gasteiger partial charge on any atom is -0.406 e. The molecule has 0 atom stereocenters. The third-order valence-electron chi connectivity index (χ3n) is 6.52. The predicted octanol–water partition coefficient (Wildman–Crippen LogP) is 7.01. The van der Waals surface area contributed by atoms with E-state index in [2.05, 4.69) is 4.74 Å². The molecule has 3 rings (SSSR count). The second-order valence-corrected chi connectivity index (χ2v) is 12.0. The predicted molar refractivity (Wildman–Crippen MR) is 120 cm³/mol. The molecule has 0 radical (unpaired) electrons. The smallest absolute Gasteiger partial charge is 0.406 e. The summed E-state index contributed by atoms with van der Waals surface area (Å²) in [6, 6.07) is 8.29. The fourth-order valence-corrected chi connectivity index (χ4v) is 6.21. The molecule has 0 aromatic heterocycles. The summed E-state index contributed by atoms with van der Waals surface area (Å²) in [5, 5.41) is -0.105. The van der Waals surface area contributed by atoms with E-state index in [0.29, 0.717) is 24.8 Å². The molecule has 1 aliphatic carbocycles. The van der Waals surface area contributed by atoms with Gasteiger partial charge in [0.2, 0.25) is 0 Å². The normalized spacial score (nSPS) is 18.9. The first kappa shape index (κ1) is 26.5. The molecule has 2 aromatic carbocycles. The monoisotopic (exact) mass is 520 g/mol. The number of carbonyl (C=O) groups excluding carboxylic acids is 1. The molecule has 0 aliphatic heterocycles. The Labute approximate surface area is 201 Å². The molecule has 0 amide bonds. The molecule has 186 valence electrons. The first-order valence-electron chi connectivity index (χ1n) is 10.8. The van der Waals surface area contributed by atoms with Gasteiger partial charge in [-0.2, -0.15) is 0 Å². The highest BCUT2D eigenvalue weighted by molar-refractivity contribution is 7.92. The number of halogens is 5. The van der Waals surface area contributed by atoms with Gasteiger partial charge in [-0.1, -0.05) is 17.7 Å². The van der Waals surface area contributed by atoms with Crippen molar-refractivity contribution < 1.29 is 35.5 Å². The molecule has 0 N–H and O–H groups in total. The number of Topliss-reactive ketones (excluding diaryl/α,β-unsaturated/α-hetero) is 1. The molecule has 0 unspecified atom stereocenters. The van der Waals surface area contributed by atoms with E-state index >= 15 is 0 Å². The van der Waals surface area contributed by atoms with Crippen molar-refractivity contribution >= 4 is 27.2 Å². The Morgan fingerprint density at radius 1 is 1.12 bits per heavy atom. The Kier molecular flexibility index (Phi) is 7.67. The van der Waals surface area contributed by atoms with Crippen LogP contribution in [0.25, 0.3) is 0 Å². The number of ether oxygens (including phenoxy) is 1. The van der Waals surface area contributed by atoms with Crippen molar-refractivity contribution in [1.29, 1.82) is 0 Å². The number of rotatable bonds is 9. The Morgan fingerprint density at radius 2 is 1.79 bits per heavy atom. The average Bonchev–Trinajstić information content (AvgIpc) is 2.70. The first-order chi connectivity index (χ1) is 15.7. The second-order valence-electron chi connectivity index (χ2n) is 9.11. The van der Waals surface area contributed by atoms with Crippen LogP contribution in [-0.4, -0.2) is 25.3 Å². The standard InChI is InChI=1S/C24H25ClF4O4S/c1-23(2,34(31,32)19-7-4-6-18(14-19)33-24(27,28)29)17-11-15(12-17)5-3-8-22(30)16-9-10-21(26)20(25)13-16/h4,6-7,9-10,13-15,17H,3,5,8,11-12H2,1-2H3. The van der Waals surface area contributed by atoms with E-state index in [1.807, 2.05) is 0 Å². The second kappa shape index (κ2) is 9.85. The minimum absolute atomic E-state index is 0.105. The van der Waals surface area contributed by atoms with Crippen molar-refractivity contribution in [2.75, 3.05) is 0 Å². The molecule has 10 heteroatoms. The van der Waals surface area contributed by atoms with Crippen molar-refractivity contribution in [2.24, 2.45) is 11.8 Å². The zero-order chi connectivity index (χ0) is 25.3. The quantitative estimate of drug-likeness (QED) is 0.263. The Bertz CT molecular complexity index is 1160. The first-order valence-corrected chi connectivity index (χ1v) is 12.7. The fourth-order valence-electron chi connectivity index (χ4n) is 4.27. The van der Waals surface area contributed by atoms with Crippen molar-refractivity contribution in [3.05, 3.63) is 58.9 Å². The summed E-state index contributed by atoms with van der Waals surface area (Å²) in [5.41, 5.74) is 0.349. The Balaban J connectivity index is 1.55. The van der Waals surface area contributed by atoms with Crippen LogP contribution >= 0.6 is 11.6 Å². The maximum Gasteiger partial charge on any atom is 0.573 e. The zero-order valence-corrected chi connectivity index (χ0v) is 20.2. The summed E-state index contributed by atoms with van der Waals surface area (Å²) < 4.78 is 79.9. The van der Waals surface area contributed by atoms with Gasteiger partial charge in [0.1, 0.15) is 11.6 Å². The highest BCUT2D eigenvalue weighted by atomic mass is 35.5. The Morgan fingerprint density at radius 3 is 2.41 bits per heavy atom. The van der Waals surface area contributed by atoms with E-state index in [-0.39, 0.29) is 34.0 Å². The molecule has 2 aromatic rings. The van der Waals surface area contributed by atoms with E-state index in [4.69, 9.17) is 11.6 Å². The lowest BCUT2D eigenvalue weighted by Gasteiger charge is -2.45. The summed E-state index contributed by atoms with van der Waals surface area (Å²) in [6.45, 7) is 3.17. The summed E-state index contributed by atoms with van der Waals surface area (Å²) in [6.07, 6.45) is -2.01. The van der Waals surface area contributed by atoms with Crippen LogP contribution in [0.3, 0.4) is 0 Å². The molecule has 1 fully saturated rings. The molecular formula is C24H25ClF4O4S. The summed E-state index contributed by atoms with van der Waals surface area (Å²) in [7, 11) is -3.92. The summed E-state index contributed by atoms with van der Waals surface area (Å²) in [5.74, 6) is -1.22. The van der Waals surface area contributed by atoms with Crippen molar-refractivity contribution in [3.63, 3.8) is 0 Å². The number of benzene rings is 2. The molecule has 0 spiro atoms. The van der Waals surface area contributed by atoms with Crippen LogP contribution < -0.4 is 4.74 Å². The van der Waals surface area contributed by atoms with Gasteiger partial charge in [0.05, 0.1) is 14.7 Å². The number of sulfone groups is 1. The number of hydrogen-bond acceptors (Lipinski definition) is 4. The highest BCUT2D eigenvalue weighted by Gasteiger charge is 2.48. The Hall–Kier alpha value is -2.13.